The molecule has 0 aliphatic carbocycles. The lowest BCUT2D eigenvalue weighted by molar-refractivity contribution is 0.0756. The van der Waals surface area contributed by atoms with E-state index in [0.29, 0.717) is 5.69 Å². The summed E-state index contributed by atoms with van der Waals surface area (Å²) in [5.41, 5.74) is 3.09. The Labute approximate surface area is 144 Å². The molecule has 4 heterocycles. The first kappa shape index (κ1) is 15.3. The van der Waals surface area contributed by atoms with Gasteiger partial charge >= 0.3 is 0 Å². The van der Waals surface area contributed by atoms with Crippen molar-refractivity contribution in [1.82, 2.24) is 19.5 Å². The van der Waals surface area contributed by atoms with Crippen LogP contribution in [0.1, 0.15) is 41.9 Å². The van der Waals surface area contributed by atoms with Gasteiger partial charge < -0.3 is 4.90 Å². The molecule has 3 aromatic heterocycles. The highest BCUT2D eigenvalue weighted by atomic mass is 32.1. The van der Waals surface area contributed by atoms with Gasteiger partial charge in [0.25, 0.3) is 5.91 Å². The van der Waals surface area contributed by atoms with E-state index < -0.39 is 0 Å². The topological polar surface area (TPSA) is 50.5 Å². The van der Waals surface area contributed by atoms with Crippen LogP contribution in [0.15, 0.2) is 29.6 Å². The molecule has 1 amide bonds. The van der Waals surface area contributed by atoms with Crippen LogP contribution in [0, 0.1) is 6.92 Å². The van der Waals surface area contributed by atoms with Crippen molar-refractivity contribution in [3.63, 3.8) is 0 Å². The Morgan fingerprint density at radius 3 is 2.67 bits per heavy atom. The Bertz CT molecular complexity index is 861. The average molecular weight is 340 g/mol. The summed E-state index contributed by atoms with van der Waals surface area (Å²) in [6, 6.07) is 7.87. The highest BCUT2D eigenvalue weighted by Gasteiger charge is 2.20. The number of likely N-dealkylation sites (tertiary alicyclic amines) is 1. The molecule has 3 aromatic rings. The molecule has 5 nitrogen and oxygen atoms in total. The lowest BCUT2D eigenvalue weighted by Gasteiger charge is -2.19. The molecule has 0 N–H and O–H groups in total. The maximum absolute atomic E-state index is 12.8. The standard InChI is InChI=1S/C18H20N4OS/c1-13-11-15(18(23)21-8-4-2-3-5-9-21)19-17-12-14(20-22(13)17)16-7-6-10-24-16/h6-7,10-12H,2-5,8-9H2,1H3. The summed E-state index contributed by atoms with van der Waals surface area (Å²) in [4.78, 5) is 20.5. The van der Waals surface area contributed by atoms with Gasteiger partial charge in [-0.2, -0.15) is 5.10 Å². The summed E-state index contributed by atoms with van der Waals surface area (Å²) in [7, 11) is 0. The number of carbonyl (C=O) groups is 1. The number of amides is 1. The molecule has 6 heteroatoms. The number of rotatable bonds is 2. The van der Waals surface area contributed by atoms with Crippen LogP contribution in [0.5, 0.6) is 0 Å². The second-order valence-corrected chi connectivity index (χ2v) is 7.21. The van der Waals surface area contributed by atoms with Gasteiger partial charge in [-0.1, -0.05) is 18.9 Å². The summed E-state index contributed by atoms with van der Waals surface area (Å²) in [5.74, 6) is 0.0429. The van der Waals surface area contributed by atoms with Crippen LogP contribution in [0.3, 0.4) is 0 Å². The van der Waals surface area contributed by atoms with Crippen molar-refractivity contribution in [2.45, 2.75) is 32.6 Å². The fourth-order valence-corrected chi connectivity index (χ4v) is 3.90. The van der Waals surface area contributed by atoms with Gasteiger partial charge in [-0.3, -0.25) is 4.79 Å². The average Bonchev–Trinajstić information content (AvgIpc) is 3.18. The van der Waals surface area contributed by atoms with Gasteiger partial charge in [0.2, 0.25) is 0 Å². The van der Waals surface area contributed by atoms with Crippen molar-refractivity contribution in [3.05, 3.63) is 41.0 Å². The Morgan fingerprint density at radius 2 is 1.96 bits per heavy atom. The van der Waals surface area contributed by atoms with Gasteiger partial charge in [-0.05, 0) is 37.3 Å². The first-order chi connectivity index (χ1) is 11.7. The zero-order valence-corrected chi connectivity index (χ0v) is 14.6. The number of aromatic nitrogens is 3. The fourth-order valence-electron chi connectivity index (χ4n) is 3.22. The molecule has 0 spiro atoms. The quantitative estimate of drug-likeness (QED) is 0.713. The number of fused-ring (bicyclic) bond motifs is 1. The zero-order valence-electron chi connectivity index (χ0n) is 13.7. The highest BCUT2D eigenvalue weighted by Crippen LogP contribution is 2.25. The minimum absolute atomic E-state index is 0.0429. The molecule has 1 saturated heterocycles. The summed E-state index contributed by atoms with van der Waals surface area (Å²) < 4.78 is 1.81. The van der Waals surface area contributed by atoms with E-state index in [4.69, 9.17) is 0 Å². The minimum atomic E-state index is 0.0429. The van der Waals surface area contributed by atoms with Crippen molar-refractivity contribution < 1.29 is 4.79 Å². The predicted octanol–water partition coefficient (Wildman–Crippen LogP) is 3.78. The van der Waals surface area contributed by atoms with Crippen molar-refractivity contribution in [2.24, 2.45) is 0 Å². The van der Waals surface area contributed by atoms with E-state index in [9.17, 15) is 4.79 Å². The normalized spacial score (nSPS) is 15.6. The summed E-state index contributed by atoms with van der Waals surface area (Å²) >= 11 is 1.65. The molecule has 1 fully saturated rings. The van der Waals surface area contributed by atoms with Crippen LogP contribution in [0.2, 0.25) is 0 Å². The van der Waals surface area contributed by atoms with E-state index in [1.165, 1.54) is 12.8 Å². The third kappa shape index (κ3) is 2.82. The number of aryl methyl sites for hydroxylation is 1. The largest absolute Gasteiger partial charge is 0.337 e. The molecule has 124 valence electrons. The van der Waals surface area contributed by atoms with E-state index in [1.54, 1.807) is 11.3 Å². The lowest BCUT2D eigenvalue weighted by Crippen LogP contribution is -2.32. The van der Waals surface area contributed by atoms with Crippen molar-refractivity contribution in [1.29, 1.82) is 0 Å². The Morgan fingerprint density at radius 1 is 1.17 bits per heavy atom. The zero-order chi connectivity index (χ0) is 16.5. The third-order valence-electron chi connectivity index (χ3n) is 4.49. The third-order valence-corrected chi connectivity index (χ3v) is 5.38. The first-order valence-corrected chi connectivity index (χ1v) is 9.31. The molecule has 4 rings (SSSR count). The van der Waals surface area contributed by atoms with Gasteiger partial charge in [0.05, 0.1) is 4.88 Å². The maximum Gasteiger partial charge on any atom is 0.272 e. The molecule has 0 saturated carbocycles. The van der Waals surface area contributed by atoms with Gasteiger partial charge in [-0.15, -0.1) is 11.3 Å². The molecule has 0 bridgehead atoms. The Kier molecular flexibility index (Phi) is 4.06. The van der Waals surface area contributed by atoms with E-state index >= 15 is 0 Å². The molecule has 0 atom stereocenters. The van der Waals surface area contributed by atoms with Crippen LogP contribution in [-0.4, -0.2) is 38.5 Å². The number of thiophene rings is 1. The van der Waals surface area contributed by atoms with E-state index in [1.807, 2.05) is 46.0 Å². The fraction of sp³-hybridized carbons (Fsp3) is 0.389. The highest BCUT2D eigenvalue weighted by molar-refractivity contribution is 7.13. The van der Waals surface area contributed by atoms with Crippen LogP contribution < -0.4 is 0 Å². The van der Waals surface area contributed by atoms with E-state index in [2.05, 4.69) is 10.1 Å². The molecule has 24 heavy (non-hydrogen) atoms. The second kappa shape index (κ2) is 6.36. The van der Waals surface area contributed by atoms with Gasteiger partial charge in [0.15, 0.2) is 5.65 Å². The van der Waals surface area contributed by atoms with Crippen molar-refractivity contribution >= 4 is 22.9 Å². The second-order valence-electron chi connectivity index (χ2n) is 6.27. The predicted molar refractivity (Wildman–Crippen MR) is 95.4 cm³/mol. The molecule has 0 unspecified atom stereocenters. The number of hydrogen-bond donors (Lipinski definition) is 0. The number of nitrogens with zero attached hydrogens (tertiary/aromatic N) is 4. The first-order valence-electron chi connectivity index (χ1n) is 8.43. The molecular formula is C18H20N4OS. The number of carbonyl (C=O) groups excluding carboxylic acids is 1. The van der Waals surface area contributed by atoms with Gasteiger partial charge in [-0.25, -0.2) is 9.50 Å². The Hall–Kier alpha value is -2.21. The van der Waals surface area contributed by atoms with E-state index in [-0.39, 0.29) is 5.91 Å². The van der Waals surface area contributed by atoms with E-state index in [0.717, 1.165) is 47.8 Å². The monoisotopic (exact) mass is 340 g/mol. The SMILES string of the molecule is Cc1cc(C(=O)N2CCCCCC2)nc2cc(-c3cccs3)nn12. The van der Waals surface area contributed by atoms with Crippen LogP contribution >= 0.6 is 11.3 Å². The van der Waals surface area contributed by atoms with Crippen molar-refractivity contribution in [3.8, 4) is 10.6 Å². The molecule has 1 aliphatic rings. The van der Waals surface area contributed by atoms with Gasteiger partial charge in [0, 0.05) is 24.8 Å². The smallest absolute Gasteiger partial charge is 0.272 e. The molecule has 0 radical (unpaired) electrons. The molecule has 1 aliphatic heterocycles. The molecule has 0 aromatic carbocycles. The number of hydrogen-bond acceptors (Lipinski definition) is 4. The summed E-state index contributed by atoms with van der Waals surface area (Å²) in [5, 5.41) is 6.66. The van der Waals surface area contributed by atoms with Crippen LogP contribution in [0.4, 0.5) is 0 Å². The lowest BCUT2D eigenvalue weighted by atomic mass is 10.2. The van der Waals surface area contributed by atoms with Crippen molar-refractivity contribution in [2.75, 3.05) is 13.1 Å². The summed E-state index contributed by atoms with van der Waals surface area (Å²) in [6.45, 7) is 3.65. The summed E-state index contributed by atoms with van der Waals surface area (Å²) in [6.07, 6.45) is 4.59. The van der Waals surface area contributed by atoms with Crippen LogP contribution in [0.25, 0.3) is 16.2 Å². The van der Waals surface area contributed by atoms with Gasteiger partial charge in [0.1, 0.15) is 11.4 Å². The Balaban J connectivity index is 1.70. The molecular weight excluding hydrogens is 320 g/mol. The minimum Gasteiger partial charge on any atom is -0.337 e. The van der Waals surface area contributed by atoms with Crippen LogP contribution in [-0.2, 0) is 0 Å². The maximum atomic E-state index is 12.8.